The standard InChI is InChI=1S/C33H53NO2/c1-27(15-10-16-28(2)18-12-20-30(4)22-14-24-32(6)35)17-11-19-29(3)21-13-23-31(5)33(36)34-25-8-7-9-26-34/h15,18-19,22-23H,7-14,16-17,20-21,24-26H2,1-6H3/b27-15+,28-18+,29-19+,30-22+,31-23+. The maximum Gasteiger partial charge on any atom is 0.249 e. The van der Waals surface area contributed by atoms with E-state index >= 15 is 0 Å². The summed E-state index contributed by atoms with van der Waals surface area (Å²) in [6.45, 7) is 14.3. The zero-order chi connectivity index (χ0) is 26.8. The third kappa shape index (κ3) is 15.8. The summed E-state index contributed by atoms with van der Waals surface area (Å²) in [6.07, 6.45) is 25.1. The average Bonchev–Trinajstić information content (AvgIpc) is 2.83. The number of hydrogen-bond donors (Lipinski definition) is 0. The molecule has 0 aromatic rings. The molecule has 0 aromatic carbocycles. The van der Waals surface area contributed by atoms with E-state index in [2.05, 4.69) is 58.1 Å². The predicted molar refractivity (Wildman–Crippen MR) is 156 cm³/mol. The third-order valence-corrected chi connectivity index (χ3v) is 7.05. The number of likely N-dealkylation sites (tertiary alicyclic amines) is 1. The molecule has 1 fully saturated rings. The Hall–Kier alpha value is -2.16. The third-order valence-electron chi connectivity index (χ3n) is 7.05. The van der Waals surface area contributed by atoms with Crippen LogP contribution in [-0.2, 0) is 9.59 Å². The minimum Gasteiger partial charge on any atom is -0.339 e. The van der Waals surface area contributed by atoms with Gasteiger partial charge in [0, 0.05) is 25.1 Å². The molecule has 1 rings (SSSR count). The fourth-order valence-electron chi connectivity index (χ4n) is 4.52. The van der Waals surface area contributed by atoms with Crippen molar-refractivity contribution in [1.29, 1.82) is 0 Å². The molecule has 36 heavy (non-hydrogen) atoms. The van der Waals surface area contributed by atoms with Gasteiger partial charge in [0.2, 0.25) is 5.91 Å². The van der Waals surface area contributed by atoms with E-state index in [0.717, 1.165) is 89.3 Å². The highest BCUT2D eigenvalue weighted by molar-refractivity contribution is 5.92. The largest absolute Gasteiger partial charge is 0.339 e. The summed E-state index contributed by atoms with van der Waals surface area (Å²) in [6, 6.07) is 0. The number of carbonyl (C=O) groups is 2. The molecule has 0 aliphatic carbocycles. The molecule has 1 amide bonds. The number of hydrogen-bond acceptors (Lipinski definition) is 2. The molecule has 0 spiro atoms. The number of carbonyl (C=O) groups excluding carboxylic acids is 2. The van der Waals surface area contributed by atoms with E-state index in [1.54, 1.807) is 6.92 Å². The Morgan fingerprint density at radius 2 is 0.889 bits per heavy atom. The molecule has 0 saturated carbocycles. The number of nitrogens with zero attached hydrogens (tertiary/aromatic N) is 1. The van der Waals surface area contributed by atoms with Crippen molar-refractivity contribution < 1.29 is 9.59 Å². The molecule has 3 heteroatoms. The van der Waals surface area contributed by atoms with Gasteiger partial charge >= 0.3 is 0 Å². The summed E-state index contributed by atoms with van der Waals surface area (Å²) < 4.78 is 0. The summed E-state index contributed by atoms with van der Waals surface area (Å²) in [5.74, 6) is 0.500. The lowest BCUT2D eigenvalue weighted by atomic mass is 10.0. The Morgan fingerprint density at radius 1 is 0.528 bits per heavy atom. The van der Waals surface area contributed by atoms with Crippen molar-refractivity contribution in [2.45, 2.75) is 125 Å². The second-order valence-corrected chi connectivity index (χ2v) is 10.8. The van der Waals surface area contributed by atoms with Gasteiger partial charge in [0.25, 0.3) is 0 Å². The minimum absolute atomic E-state index is 0.232. The molecule has 0 N–H and O–H groups in total. The second kappa shape index (κ2) is 19.0. The smallest absolute Gasteiger partial charge is 0.249 e. The Morgan fingerprint density at radius 3 is 1.28 bits per heavy atom. The monoisotopic (exact) mass is 495 g/mol. The fourth-order valence-corrected chi connectivity index (χ4v) is 4.52. The number of ketones is 1. The highest BCUT2D eigenvalue weighted by Gasteiger charge is 2.17. The van der Waals surface area contributed by atoms with Crippen molar-refractivity contribution in [2.24, 2.45) is 0 Å². The maximum absolute atomic E-state index is 12.5. The first-order valence-electron chi connectivity index (χ1n) is 14.3. The maximum atomic E-state index is 12.5. The molecular formula is C33H53NO2. The summed E-state index contributed by atoms with van der Waals surface area (Å²) in [7, 11) is 0. The first kappa shape index (κ1) is 31.9. The Labute approximate surface area is 222 Å². The summed E-state index contributed by atoms with van der Waals surface area (Å²) in [5.41, 5.74) is 6.65. The van der Waals surface area contributed by atoms with Crippen LogP contribution < -0.4 is 0 Å². The van der Waals surface area contributed by atoms with Crippen LogP contribution in [0, 0.1) is 0 Å². The number of piperidine rings is 1. The van der Waals surface area contributed by atoms with Gasteiger partial charge in [-0.3, -0.25) is 4.79 Å². The SMILES string of the molecule is CC(=O)CC/C=C(\C)CC/C=C(\C)CC/C=C(\C)CC/C=C(\C)CC/C=C(\C)C(=O)N1CCCCC1. The van der Waals surface area contributed by atoms with Gasteiger partial charge in [-0.05, 0) is 119 Å². The van der Waals surface area contributed by atoms with Crippen molar-refractivity contribution in [3.63, 3.8) is 0 Å². The number of Topliss-reactive ketones (excluding diaryl/α,β-unsaturated/α-hetero) is 1. The van der Waals surface area contributed by atoms with E-state index in [4.69, 9.17) is 0 Å². The Balaban J connectivity index is 2.25. The van der Waals surface area contributed by atoms with Crippen LogP contribution in [0.2, 0.25) is 0 Å². The molecule has 1 aliphatic rings. The first-order valence-corrected chi connectivity index (χ1v) is 14.3. The molecule has 0 bridgehead atoms. The lowest BCUT2D eigenvalue weighted by Crippen LogP contribution is -2.36. The van der Waals surface area contributed by atoms with Crippen LogP contribution in [0.3, 0.4) is 0 Å². The topological polar surface area (TPSA) is 37.4 Å². The van der Waals surface area contributed by atoms with Gasteiger partial charge in [-0.1, -0.05) is 52.7 Å². The van der Waals surface area contributed by atoms with E-state index in [1.165, 1.54) is 28.7 Å². The van der Waals surface area contributed by atoms with E-state index < -0.39 is 0 Å². The van der Waals surface area contributed by atoms with E-state index in [1.807, 2.05) is 11.8 Å². The second-order valence-electron chi connectivity index (χ2n) is 10.8. The summed E-state index contributed by atoms with van der Waals surface area (Å²) in [4.78, 5) is 25.5. The lowest BCUT2D eigenvalue weighted by Gasteiger charge is -2.27. The van der Waals surface area contributed by atoms with Gasteiger partial charge < -0.3 is 9.69 Å². The number of allylic oxidation sites excluding steroid dienone is 9. The predicted octanol–water partition coefficient (Wildman–Crippen LogP) is 9.22. The van der Waals surface area contributed by atoms with Gasteiger partial charge in [-0.25, -0.2) is 0 Å². The molecule has 0 atom stereocenters. The number of amides is 1. The highest BCUT2D eigenvalue weighted by Crippen LogP contribution is 2.16. The molecule has 0 radical (unpaired) electrons. The van der Waals surface area contributed by atoms with Crippen LogP contribution in [0.15, 0.2) is 58.2 Å². The summed E-state index contributed by atoms with van der Waals surface area (Å²) in [5, 5.41) is 0. The van der Waals surface area contributed by atoms with Gasteiger partial charge in [0.05, 0.1) is 0 Å². The van der Waals surface area contributed by atoms with E-state index in [9.17, 15) is 9.59 Å². The molecule has 202 valence electrons. The van der Waals surface area contributed by atoms with Crippen molar-refractivity contribution in [3.8, 4) is 0 Å². The summed E-state index contributed by atoms with van der Waals surface area (Å²) >= 11 is 0. The normalized spacial score (nSPS) is 16.5. The van der Waals surface area contributed by atoms with Crippen LogP contribution in [0.1, 0.15) is 125 Å². The molecule has 3 nitrogen and oxygen atoms in total. The molecular weight excluding hydrogens is 442 g/mol. The molecule has 1 aliphatic heterocycles. The van der Waals surface area contributed by atoms with Crippen molar-refractivity contribution in [1.82, 2.24) is 4.90 Å². The van der Waals surface area contributed by atoms with Crippen LogP contribution in [0.25, 0.3) is 0 Å². The zero-order valence-corrected chi connectivity index (χ0v) is 24.3. The van der Waals surface area contributed by atoms with Crippen molar-refractivity contribution in [3.05, 3.63) is 58.2 Å². The van der Waals surface area contributed by atoms with Gasteiger partial charge in [-0.15, -0.1) is 0 Å². The van der Waals surface area contributed by atoms with Crippen LogP contribution in [-0.4, -0.2) is 29.7 Å². The quantitative estimate of drug-likeness (QED) is 0.158. The van der Waals surface area contributed by atoms with Gasteiger partial charge in [-0.2, -0.15) is 0 Å². The Kier molecular flexibility index (Phi) is 16.8. The van der Waals surface area contributed by atoms with Crippen LogP contribution in [0.4, 0.5) is 0 Å². The number of rotatable bonds is 16. The molecule has 0 aromatic heterocycles. The van der Waals surface area contributed by atoms with Crippen molar-refractivity contribution >= 4 is 11.7 Å². The van der Waals surface area contributed by atoms with E-state index in [0.29, 0.717) is 6.42 Å². The molecule has 1 saturated heterocycles. The fraction of sp³-hybridized carbons (Fsp3) is 0.636. The zero-order valence-electron chi connectivity index (χ0n) is 24.3. The van der Waals surface area contributed by atoms with Gasteiger partial charge in [0.15, 0.2) is 0 Å². The highest BCUT2D eigenvalue weighted by atomic mass is 16.2. The molecule has 1 heterocycles. The van der Waals surface area contributed by atoms with E-state index in [-0.39, 0.29) is 11.7 Å². The van der Waals surface area contributed by atoms with Crippen molar-refractivity contribution in [2.75, 3.05) is 13.1 Å². The molecule has 0 unspecified atom stereocenters. The lowest BCUT2D eigenvalue weighted by molar-refractivity contribution is -0.128. The average molecular weight is 496 g/mol. The Bertz CT molecular complexity index is 832. The van der Waals surface area contributed by atoms with Gasteiger partial charge in [0.1, 0.15) is 5.78 Å². The minimum atomic E-state index is 0.232. The van der Waals surface area contributed by atoms with Crippen LogP contribution in [0.5, 0.6) is 0 Å². The first-order chi connectivity index (χ1) is 17.2. The van der Waals surface area contributed by atoms with Crippen LogP contribution >= 0.6 is 0 Å².